The molecule has 0 radical (unpaired) electrons. The molecule has 1 N–H and O–H groups in total. The predicted octanol–water partition coefficient (Wildman–Crippen LogP) is 5.73. The number of anilines is 1. The lowest BCUT2D eigenvalue weighted by Crippen LogP contribution is -2.13. The Morgan fingerprint density at radius 2 is 1.59 bits per heavy atom. The maximum absolute atomic E-state index is 13.5. The fourth-order valence-corrected chi connectivity index (χ4v) is 3.03. The van der Waals surface area contributed by atoms with Gasteiger partial charge in [-0.15, -0.1) is 10.2 Å². The quantitative estimate of drug-likeness (QED) is 0.481. The summed E-state index contributed by atoms with van der Waals surface area (Å²) in [6, 6.07) is 22.8. The van der Waals surface area contributed by atoms with Gasteiger partial charge < -0.3 is 9.73 Å². The normalized spacial score (nSPS) is 11.9. The van der Waals surface area contributed by atoms with Gasteiger partial charge in [-0.1, -0.05) is 54.1 Å². The summed E-state index contributed by atoms with van der Waals surface area (Å²) < 4.78 is 19.4. The van der Waals surface area contributed by atoms with Crippen LogP contribution >= 0.6 is 11.6 Å². The number of hydrogen-bond donors (Lipinski definition) is 1. The van der Waals surface area contributed by atoms with Crippen molar-refractivity contribution in [2.24, 2.45) is 0 Å². The Morgan fingerprint density at radius 1 is 0.889 bits per heavy atom. The summed E-state index contributed by atoms with van der Waals surface area (Å²) >= 11 is 6.29. The minimum absolute atomic E-state index is 0.280. The Kier molecular flexibility index (Phi) is 4.85. The minimum atomic E-state index is -0.523. The second-order valence-electron chi connectivity index (χ2n) is 5.92. The van der Waals surface area contributed by atoms with Gasteiger partial charge in [0, 0.05) is 21.8 Å². The topological polar surface area (TPSA) is 51.0 Å². The highest BCUT2D eigenvalue weighted by Gasteiger charge is 2.24. The van der Waals surface area contributed by atoms with Gasteiger partial charge >= 0.3 is 0 Å². The fourth-order valence-electron chi connectivity index (χ4n) is 2.76. The molecule has 0 bridgehead atoms. The van der Waals surface area contributed by atoms with E-state index in [9.17, 15) is 4.39 Å². The van der Waals surface area contributed by atoms with E-state index in [1.807, 2.05) is 60.7 Å². The molecule has 0 fully saturated rings. The number of nitrogens with zero attached hydrogens (tertiary/aromatic N) is 2. The van der Waals surface area contributed by atoms with Crippen LogP contribution in [0, 0.1) is 5.82 Å². The first-order valence-electron chi connectivity index (χ1n) is 8.36. The average molecular weight is 380 g/mol. The highest BCUT2D eigenvalue weighted by Crippen LogP contribution is 2.32. The molecule has 134 valence electrons. The van der Waals surface area contributed by atoms with Crippen LogP contribution in [0.1, 0.15) is 17.5 Å². The summed E-state index contributed by atoms with van der Waals surface area (Å²) in [5, 5.41) is 12.0. The largest absolute Gasteiger partial charge is 0.418 e. The van der Waals surface area contributed by atoms with Crippen molar-refractivity contribution in [3.05, 3.63) is 101 Å². The van der Waals surface area contributed by atoms with E-state index in [4.69, 9.17) is 16.0 Å². The molecule has 27 heavy (non-hydrogen) atoms. The minimum Gasteiger partial charge on any atom is -0.418 e. The maximum Gasteiger partial charge on any atom is 0.247 e. The second kappa shape index (κ2) is 7.60. The molecule has 0 amide bonds. The Bertz CT molecular complexity index is 1040. The van der Waals surface area contributed by atoms with E-state index in [2.05, 4.69) is 15.5 Å². The van der Waals surface area contributed by atoms with Crippen LogP contribution in [0.15, 0.2) is 83.3 Å². The number of halogens is 2. The molecular formula is C21H15ClFN3O. The molecule has 0 unspecified atom stereocenters. The molecule has 0 spiro atoms. The number of rotatable bonds is 5. The van der Waals surface area contributed by atoms with Crippen molar-refractivity contribution >= 4 is 17.3 Å². The van der Waals surface area contributed by atoms with Crippen LogP contribution in [0.25, 0.3) is 11.5 Å². The summed E-state index contributed by atoms with van der Waals surface area (Å²) in [5.74, 6) is 0.340. The van der Waals surface area contributed by atoms with E-state index in [0.717, 1.165) is 11.3 Å². The van der Waals surface area contributed by atoms with Crippen LogP contribution in [0.3, 0.4) is 0 Å². The van der Waals surface area contributed by atoms with Crippen molar-refractivity contribution in [1.29, 1.82) is 0 Å². The van der Waals surface area contributed by atoms with E-state index in [1.165, 1.54) is 12.1 Å². The standard InChI is InChI=1S/C21H15ClFN3O/c22-18-13-15(23)11-12-17(18)19(24-16-9-5-2-6-10-16)21-26-25-20(27-21)14-7-3-1-4-8-14/h1-13,19,24H/t19-/m1/s1. The molecule has 0 saturated carbocycles. The molecule has 1 aromatic heterocycles. The fraction of sp³-hybridized carbons (Fsp3) is 0.0476. The Balaban J connectivity index is 1.75. The second-order valence-corrected chi connectivity index (χ2v) is 6.33. The zero-order chi connectivity index (χ0) is 18.6. The molecule has 1 heterocycles. The number of nitrogens with one attached hydrogen (secondary N) is 1. The van der Waals surface area contributed by atoms with Crippen LogP contribution in [0.2, 0.25) is 5.02 Å². The first-order chi connectivity index (χ1) is 13.2. The molecule has 0 aliphatic heterocycles. The van der Waals surface area contributed by atoms with Gasteiger partial charge in [0.05, 0.1) is 0 Å². The number of para-hydroxylation sites is 1. The third-order valence-electron chi connectivity index (χ3n) is 4.07. The van der Waals surface area contributed by atoms with Gasteiger partial charge in [0.15, 0.2) is 0 Å². The molecule has 0 aliphatic rings. The van der Waals surface area contributed by atoms with Gasteiger partial charge in [-0.2, -0.15) is 0 Å². The molecule has 4 nitrogen and oxygen atoms in total. The van der Waals surface area contributed by atoms with Crippen molar-refractivity contribution in [3.8, 4) is 11.5 Å². The molecular weight excluding hydrogens is 365 g/mol. The first-order valence-corrected chi connectivity index (χ1v) is 8.74. The maximum atomic E-state index is 13.5. The van der Waals surface area contributed by atoms with E-state index in [0.29, 0.717) is 17.3 Å². The van der Waals surface area contributed by atoms with E-state index in [1.54, 1.807) is 6.07 Å². The van der Waals surface area contributed by atoms with E-state index in [-0.39, 0.29) is 5.02 Å². The van der Waals surface area contributed by atoms with E-state index >= 15 is 0 Å². The summed E-state index contributed by atoms with van der Waals surface area (Å²) in [6.07, 6.45) is 0. The SMILES string of the molecule is Fc1ccc([C@@H](Nc2ccccc2)c2nnc(-c3ccccc3)o2)c(Cl)c1. The third kappa shape index (κ3) is 3.83. The molecule has 4 aromatic rings. The van der Waals surface area contributed by atoms with Gasteiger partial charge in [-0.05, 0) is 36.4 Å². The van der Waals surface area contributed by atoms with Crippen molar-refractivity contribution in [2.75, 3.05) is 5.32 Å². The van der Waals surface area contributed by atoms with Gasteiger partial charge in [0.25, 0.3) is 0 Å². The smallest absolute Gasteiger partial charge is 0.247 e. The predicted molar refractivity (Wildman–Crippen MR) is 103 cm³/mol. The lowest BCUT2D eigenvalue weighted by atomic mass is 10.1. The Morgan fingerprint density at radius 3 is 2.30 bits per heavy atom. The lowest BCUT2D eigenvalue weighted by Gasteiger charge is -2.18. The van der Waals surface area contributed by atoms with Gasteiger partial charge in [-0.25, -0.2) is 4.39 Å². The molecule has 1 atom stereocenters. The van der Waals surface area contributed by atoms with Gasteiger partial charge in [-0.3, -0.25) is 0 Å². The van der Waals surface area contributed by atoms with Crippen LogP contribution < -0.4 is 5.32 Å². The molecule has 0 aliphatic carbocycles. The van der Waals surface area contributed by atoms with Crippen molar-refractivity contribution < 1.29 is 8.81 Å². The monoisotopic (exact) mass is 379 g/mol. The summed E-state index contributed by atoms with van der Waals surface area (Å²) in [6.45, 7) is 0. The van der Waals surface area contributed by atoms with Crippen LogP contribution in [-0.2, 0) is 0 Å². The molecule has 6 heteroatoms. The van der Waals surface area contributed by atoms with Gasteiger partial charge in [0.1, 0.15) is 11.9 Å². The Hall–Kier alpha value is -3.18. The van der Waals surface area contributed by atoms with Gasteiger partial charge in [0.2, 0.25) is 11.8 Å². The first kappa shape index (κ1) is 17.2. The lowest BCUT2D eigenvalue weighted by molar-refractivity contribution is 0.494. The zero-order valence-corrected chi connectivity index (χ0v) is 14.9. The Labute approximate surface area is 160 Å². The number of aromatic nitrogens is 2. The number of benzene rings is 3. The summed E-state index contributed by atoms with van der Waals surface area (Å²) in [5.41, 5.74) is 2.31. The van der Waals surface area contributed by atoms with Crippen LogP contribution in [-0.4, -0.2) is 10.2 Å². The summed E-state index contributed by atoms with van der Waals surface area (Å²) in [4.78, 5) is 0. The van der Waals surface area contributed by atoms with Crippen molar-refractivity contribution in [3.63, 3.8) is 0 Å². The third-order valence-corrected chi connectivity index (χ3v) is 4.39. The van der Waals surface area contributed by atoms with Crippen molar-refractivity contribution in [1.82, 2.24) is 10.2 Å². The average Bonchev–Trinajstić information content (AvgIpc) is 3.18. The molecule has 3 aromatic carbocycles. The highest BCUT2D eigenvalue weighted by atomic mass is 35.5. The highest BCUT2D eigenvalue weighted by molar-refractivity contribution is 6.31. The van der Waals surface area contributed by atoms with Crippen LogP contribution in [0.4, 0.5) is 10.1 Å². The van der Waals surface area contributed by atoms with E-state index < -0.39 is 11.9 Å². The van der Waals surface area contributed by atoms with Crippen LogP contribution in [0.5, 0.6) is 0 Å². The summed E-state index contributed by atoms with van der Waals surface area (Å²) in [7, 11) is 0. The zero-order valence-electron chi connectivity index (χ0n) is 14.1. The van der Waals surface area contributed by atoms with Crippen molar-refractivity contribution in [2.45, 2.75) is 6.04 Å². The number of hydrogen-bond acceptors (Lipinski definition) is 4. The molecule has 4 rings (SSSR count). The molecule has 0 saturated heterocycles.